The minimum atomic E-state index is -0.475. The maximum Gasteiger partial charge on any atom is 0.191 e. The van der Waals surface area contributed by atoms with Gasteiger partial charge in [-0.3, -0.25) is 0 Å². The van der Waals surface area contributed by atoms with Crippen LogP contribution in [0.1, 0.15) is 24.0 Å². The first-order chi connectivity index (χ1) is 15.0. The van der Waals surface area contributed by atoms with E-state index in [2.05, 4.69) is 40.7 Å². The summed E-state index contributed by atoms with van der Waals surface area (Å²) in [6.45, 7) is 5.04. The van der Waals surface area contributed by atoms with Gasteiger partial charge in [-0.05, 0) is 32.0 Å². The number of nitrogens with zero attached hydrogens (tertiary/aromatic N) is 4. The molecule has 0 spiro atoms. The highest BCUT2D eigenvalue weighted by Crippen LogP contribution is 2.28. The zero-order valence-corrected chi connectivity index (χ0v) is 19.4. The Morgan fingerprint density at radius 2 is 2.06 bits per heavy atom. The smallest absolute Gasteiger partial charge is 0.191 e. The Morgan fingerprint density at radius 3 is 2.84 bits per heavy atom. The van der Waals surface area contributed by atoms with Crippen LogP contribution in [0.15, 0.2) is 53.0 Å². The molecular weight excluding hydrogens is 455 g/mol. The third-order valence-corrected chi connectivity index (χ3v) is 6.76. The first-order valence-corrected chi connectivity index (χ1v) is 11.9. The lowest BCUT2D eigenvalue weighted by Gasteiger charge is -2.09. The molecule has 4 rings (SSSR count). The molecule has 0 saturated carbocycles. The molecule has 0 N–H and O–H groups in total. The average molecular weight is 475 g/mol. The minimum absolute atomic E-state index is 0.0269. The Bertz CT molecular complexity index is 1190. The number of hydrogen-bond donors (Lipinski definition) is 0. The second-order valence-corrected chi connectivity index (χ2v) is 9.02. The van der Waals surface area contributed by atoms with Crippen LogP contribution in [0.4, 0.5) is 4.39 Å². The van der Waals surface area contributed by atoms with E-state index in [0.717, 1.165) is 21.4 Å². The molecule has 0 atom stereocenters. The molecule has 160 valence electrons. The van der Waals surface area contributed by atoms with Gasteiger partial charge in [0.1, 0.15) is 23.2 Å². The van der Waals surface area contributed by atoms with E-state index < -0.39 is 5.82 Å². The average Bonchev–Trinajstić information content (AvgIpc) is 3.39. The molecule has 5 nitrogen and oxygen atoms in total. The standard InChI is InChI=1S/C22H20ClFN4OS2/c1-3-28-20(11-29-17-7-8-19(24)18(23)10-17)26-27-22(28)31-13-16-12-30-21(25-16)15-6-4-5-14(2)9-15/h4-10,12H,3,11,13H2,1-2H3. The number of thioether (sulfide) groups is 1. The van der Waals surface area contributed by atoms with Crippen LogP contribution in [0.5, 0.6) is 5.75 Å². The predicted molar refractivity (Wildman–Crippen MR) is 123 cm³/mol. The van der Waals surface area contributed by atoms with Gasteiger partial charge in [-0.15, -0.1) is 21.5 Å². The Hall–Kier alpha value is -2.42. The van der Waals surface area contributed by atoms with Gasteiger partial charge in [0, 0.05) is 29.3 Å². The van der Waals surface area contributed by atoms with Crippen molar-refractivity contribution in [3.63, 3.8) is 0 Å². The summed E-state index contributed by atoms with van der Waals surface area (Å²) >= 11 is 9.04. The number of aryl methyl sites for hydroxylation is 1. The SMILES string of the molecule is CCn1c(COc2ccc(F)c(Cl)c2)nnc1SCc1csc(-c2cccc(C)c2)n1. The molecular formula is C22H20ClFN4OS2. The van der Waals surface area contributed by atoms with Gasteiger partial charge in [0.05, 0.1) is 10.7 Å². The van der Waals surface area contributed by atoms with Gasteiger partial charge >= 0.3 is 0 Å². The molecule has 9 heteroatoms. The van der Waals surface area contributed by atoms with Crippen molar-refractivity contribution in [2.75, 3.05) is 0 Å². The number of thiazole rings is 1. The molecule has 0 bridgehead atoms. The number of aromatic nitrogens is 4. The lowest BCUT2D eigenvalue weighted by atomic mass is 10.1. The van der Waals surface area contributed by atoms with Gasteiger partial charge in [0.25, 0.3) is 0 Å². The second-order valence-electron chi connectivity index (χ2n) is 6.81. The highest BCUT2D eigenvalue weighted by Gasteiger charge is 2.14. The lowest BCUT2D eigenvalue weighted by Crippen LogP contribution is -2.07. The fourth-order valence-electron chi connectivity index (χ4n) is 2.99. The molecule has 0 unspecified atom stereocenters. The highest BCUT2D eigenvalue weighted by atomic mass is 35.5. The van der Waals surface area contributed by atoms with Crippen LogP contribution in [0.25, 0.3) is 10.6 Å². The summed E-state index contributed by atoms with van der Waals surface area (Å²) < 4.78 is 21.0. The number of benzene rings is 2. The fraction of sp³-hybridized carbons (Fsp3) is 0.227. The monoisotopic (exact) mass is 474 g/mol. The zero-order valence-electron chi connectivity index (χ0n) is 17.0. The van der Waals surface area contributed by atoms with Crippen molar-refractivity contribution in [1.82, 2.24) is 19.7 Å². The van der Waals surface area contributed by atoms with Crippen LogP contribution >= 0.6 is 34.7 Å². The van der Waals surface area contributed by atoms with Crippen LogP contribution < -0.4 is 4.74 Å². The molecule has 0 aliphatic heterocycles. The molecule has 0 saturated heterocycles. The van der Waals surface area contributed by atoms with Crippen molar-refractivity contribution < 1.29 is 9.13 Å². The van der Waals surface area contributed by atoms with Crippen LogP contribution in [0.3, 0.4) is 0 Å². The van der Waals surface area contributed by atoms with Gasteiger partial charge in [0.2, 0.25) is 0 Å². The van der Waals surface area contributed by atoms with Gasteiger partial charge in [-0.2, -0.15) is 0 Å². The van der Waals surface area contributed by atoms with E-state index in [-0.39, 0.29) is 11.6 Å². The van der Waals surface area contributed by atoms with E-state index in [9.17, 15) is 4.39 Å². The van der Waals surface area contributed by atoms with Gasteiger partial charge in [0.15, 0.2) is 11.0 Å². The summed E-state index contributed by atoms with van der Waals surface area (Å²) in [5.41, 5.74) is 3.37. The Kier molecular flexibility index (Phi) is 6.89. The van der Waals surface area contributed by atoms with Crippen LogP contribution in [-0.4, -0.2) is 19.7 Å². The topological polar surface area (TPSA) is 52.8 Å². The molecule has 0 radical (unpaired) electrons. The molecule has 0 aliphatic carbocycles. The van der Waals surface area contributed by atoms with E-state index in [1.807, 2.05) is 17.6 Å². The third kappa shape index (κ3) is 5.26. The number of rotatable bonds is 8. The molecule has 2 heterocycles. The van der Waals surface area contributed by atoms with Crippen molar-refractivity contribution in [3.05, 3.63) is 75.8 Å². The van der Waals surface area contributed by atoms with E-state index in [4.69, 9.17) is 21.3 Å². The predicted octanol–water partition coefficient (Wildman–Crippen LogP) is 6.39. The summed E-state index contributed by atoms with van der Waals surface area (Å²) in [6.07, 6.45) is 0. The van der Waals surface area contributed by atoms with Gasteiger partial charge < -0.3 is 9.30 Å². The van der Waals surface area contributed by atoms with Crippen molar-refractivity contribution in [3.8, 4) is 16.3 Å². The van der Waals surface area contributed by atoms with Crippen LogP contribution in [0, 0.1) is 12.7 Å². The first-order valence-electron chi connectivity index (χ1n) is 9.67. The number of ether oxygens (including phenoxy) is 1. The molecule has 31 heavy (non-hydrogen) atoms. The van der Waals surface area contributed by atoms with E-state index >= 15 is 0 Å². The lowest BCUT2D eigenvalue weighted by molar-refractivity contribution is 0.288. The number of halogens is 2. The van der Waals surface area contributed by atoms with Crippen molar-refractivity contribution >= 4 is 34.7 Å². The zero-order chi connectivity index (χ0) is 21.8. The van der Waals surface area contributed by atoms with Crippen molar-refractivity contribution in [2.45, 2.75) is 37.9 Å². The molecule has 2 aromatic heterocycles. The fourth-order valence-corrected chi connectivity index (χ4v) is 4.99. The minimum Gasteiger partial charge on any atom is -0.486 e. The quantitative estimate of drug-likeness (QED) is 0.277. The Balaban J connectivity index is 1.40. The van der Waals surface area contributed by atoms with E-state index in [1.54, 1.807) is 23.1 Å². The summed E-state index contributed by atoms with van der Waals surface area (Å²) in [6, 6.07) is 12.6. The summed E-state index contributed by atoms with van der Waals surface area (Å²) in [4.78, 5) is 4.76. The highest BCUT2D eigenvalue weighted by molar-refractivity contribution is 7.98. The maximum absolute atomic E-state index is 13.3. The van der Waals surface area contributed by atoms with Gasteiger partial charge in [-0.1, -0.05) is 47.1 Å². The third-order valence-electron chi connectivity index (χ3n) is 4.53. The van der Waals surface area contributed by atoms with Crippen LogP contribution in [-0.2, 0) is 18.9 Å². The summed E-state index contributed by atoms with van der Waals surface area (Å²) in [5, 5.41) is 12.5. The van der Waals surface area contributed by atoms with E-state index in [0.29, 0.717) is 23.9 Å². The molecule has 4 aromatic rings. The van der Waals surface area contributed by atoms with Crippen LogP contribution in [0.2, 0.25) is 5.02 Å². The summed E-state index contributed by atoms with van der Waals surface area (Å²) in [7, 11) is 0. The Labute approximate surface area is 193 Å². The molecule has 0 aliphatic rings. The largest absolute Gasteiger partial charge is 0.486 e. The second kappa shape index (κ2) is 9.80. The maximum atomic E-state index is 13.3. The molecule has 0 fully saturated rings. The van der Waals surface area contributed by atoms with Crippen molar-refractivity contribution in [1.29, 1.82) is 0 Å². The van der Waals surface area contributed by atoms with E-state index in [1.165, 1.54) is 23.8 Å². The van der Waals surface area contributed by atoms with Gasteiger partial charge in [-0.25, -0.2) is 9.37 Å². The molecule has 2 aromatic carbocycles. The normalized spacial score (nSPS) is 11.1. The number of hydrogen-bond acceptors (Lipinski definition) is 6. The molecule has 0 amide bonds. The first kappa shape index (κ1) is 21.8. The summed E-state index contributed by atoms with van der Waals surface area (Å²) in [5.74, 6) is 1.41. The Morgan fingerprint density at radius 1 is 1.19 bits per heavy atom. The van der Waals surface area contributed by atoms with Crippen molar-refractivity contribution in [2.24, 2.45) is 0 Å².